The van der Waals surface area contributed by atoms with Crippen LogP contribution < -0.4 is 5.32 Å². The lowest BCUT2D eigenvalue weighted by molar-refractivity contribution is -0.150. The number of carboxylic acids is 1. The minimum atomic E-state index is -1.01. The Morgan fingerprint density at radius 3 is 1.29 bits per heavy atom. The lowest BCUT2D eigenvalue weighted by atomic mass is 10.0. The van der Waals surface area contributed by atoms with Gasteiger partial charge in [0.2, 0.25) is 5.91 Å². The highest BCUT2D eigenvalue weighted by Gasteiger charge is 2.14. The fourth-order valence-electron chi connectivity index (χ4n) is 5.57. The molecule has 6 heteroatoms. The number of unbranched alkanes of at least 4 members (excludes halogenated alkanes) is 22. The highest BCUT2D eigenvalue weighted by molar-refractivity contribution is 5.80. The summed E-state index contributed by atoms with van der Waals surface area (Å²) in [6.07, 6.45) is 33.6. The van der Waals surface area contributed by atoms with Gasteiger partial charge in [0.15, 0.2) is 0 Å². The number of nitrogens with one attached hydrogen (secondary N) is 1. The fourth-order valence-corrected chi connectivity index (χ4v) is 5.57. The third-order valence-electron chi connectivity index (χ3n) is 8.28. The van der Waals surface area contributed by atoms with E-state index in [1.54, 1.807) is 0 Å². The van der Waals surface area contributed by atoms with Gasteiger partial charge in [-0.05, 0) is 38.5 Å². The number of ether oxygens (including phenoxy) is 1. The number of carbonyl (C=O) groups is 3. The molecule has 0 fully saturated rings. The summed E-state index contributed by atoms with van der Waals surface area (Å²) in [5.41, 5.74) is 0. The summed E-state index contributed by atoms with van der Waals surface area (Å²) in [4.78, 5) is 34.8. The molecule has 0 saturated carbocycles. The normalized spacial score (nSPS) is 11.9. The van der Waals surface area contributed by atoms with Gasteiger partial charge in [-0.3, -0.25) is 14.4 Å². The minimum absolute atomic E-state index is 0.0146. The predicted molar refractivity (Wildman–Crippen MR) is 176 cm³/mol. The zero-order valence-corrected chi connectivity index (χ0v) is 27.9. The number of esters is 1. The van der Waals surface area contributed by atoms with Crippen molar-refractivity contribution in [3.05, 3.63) is 0 Å². The average molecular weight is 596 g/mol. The van der Waals surface area contributed by atoms with E-state index in [1.165, 1.54) is 109 Å². The van der Waals surface area contributed by atoms with Crippen LogP contribution in [0, 0.1) is 0 Å². The summed E-state index contributed by atoms with van der Waals surface area (Å²) < 4.78 is 5.98. The van der Waals surface area contributed by atoms with Gasteiger partial charge in [-0.1, -0.05) is 149 Å². The van der Waals surface area contributed by atoms with Crippen molar-refractivity contribution in [2.75, 3.05) is 6.54 Å². The maximum absolute atomic E-state index is 12.6. The Kier molecular flexibility index (Phi) is 31.1. The summed E-state index contributed by atoms with van der Waals surface area (Å²) in [7, 11) is 0. The predicted octanol–water partition coefficient (Wildman–Crippen LogP) is 10.5. The molecule has 0 aliphatic heterocycles. The zero-order valence-electron chi connectivity index (χ0n) is 27.9. The summed E-state index contributed by atoms with van der Waals surface area (Å²) in [5.74, 6) is -1.22. The molecular formula is C36H69NO5. The van der Waals surface area contributed by atoms with Crippen molar-refractivity contribution in [2.24, 2.45) is 0 Å². The number of carbonyl (C=O) groups excluding carboxylic acids is 2. The molecule has 0 radical (unpaired) electrons. The van der Waals surface area contributed by atoms with Crippen LogP contribution in [0.5, 0.6) is 0 Å². The lowest BCUT2D eigenvalue weighted by Gasteiger charge is -2.18. The molecule has 0 rings (SSSR count). The molecule has 0 saturated heterocycles. The van der Waals surface area contributed by atoms with Crippen LogP contribution in [-0.4, -0.2) is 35.6 Å². The number of amides is 1. The van der Waals surface area contributed by atoms with Gasteiger partial charge in [0.05, 0.1) is 0 Å². The first kappa shape index (κ1) is 40.4. The van der Waals surface area contributed by atoms with E-state index in [0.717, 1.165) is 64.2 Å². The first-order chi connectivity index (χ1) is 20.5. The Balaban J connectivity index is 4.12. The van der Waals surface area contributed by atoms with E-state index in [-0.39, 0.29) is 24.5 Å². The van der Waals surface area contributed by atoms with Gasteiger partial charge < -0.3 is 15.2 Å². The van der Waals surface area contributed by atoms with Crippen molar-refractivity contribution >= 4 is 17.8 Å². The van der Waals surface area contributed by atoms with Crippen LogP contribution in [0.1, 0.15) is 200 Å². The number of hydrogen-bond donors (Lipinski definition) is 2. The molecule has 0 aromatic heterocycles. The Hall–Kier alpha value is -1.59. The van der Waals surface area contributed by atoms with Gasteiger partial charge in [0.1, 0.15) is 12.6 Å². The van der Waals surface area contributed by atoms with Crippen LogP contribution in [0.2, 0.25) is 0 Å². The summed E-state index contributed by atoms with van der Waals surface area (Å²) in [6.45, 7) is 4.21. The molecule has 248 valence electrons. The molecular weight excluding hydrogens is 526 g/mol. The Morgan fingerprint density at radius 1 is 0.524 bits per heavy atom. The quantitative estimate of drug-likeness (QED) is 0.0581. The summed E-state index contributed by atoms with van der Waals surface area (Å²) >= 11 is 0. The molecule has 0 spiro atoms. The van der Waals surface area contributed by atoms with Gasteiger partial charge in [0, 0.05) is 12.8 Å². The highest BCUT2D eigenvalue weighted by Crippen LogP contribution is 2.19. The maximum atomic E-state index is 12.6. The molecule has 1 unspecified atom stereocenters. The van der Waals surface area contributed by atoms with Crippen molar-refractivity contribution in [3.63, 3.8) is 0 Å². The molecule has 0 aromatic carbocycles. The second-order valence-electron chi connectivity index (χ2n) is 12.5. The second-order valence-corrected chi connectivity index (χ2v) is 12.5. The minimum Gasteiger partial charge on any atom is -0.480 e. The molecule has 0 aromatic rings. The van der Waals surface area contributed by atoms with E-state index in [9.17, 15) is 14.4 Å². The molecule has 0 bridgehead atoms. The molecule has 6 nitrogen and oxygen atoms in total. The van der Waals surface area contributed by atoms with Gasteiger partial charge in [-0.2, -0.15) is 0 Å². The smallest absolute Gasteiger partial charge is 0.322 e. The van der Waals surface area contributed by atoms with Crippen molar-refractivity contribution in [2.45, 2.75) is 206 Å². The van der Waals surface area contributed by atoms with Crippen LogP contribution in [0.4, 0.5) is 0 Å². The standard InChI is InChI=1S/C36H69NO5/c1-3-5-7-9-11-13-14-16-18-23-27-31-36(41)42-33(28-24-20-17-15-12-10-8-6-4-2)29-25-21-19-22-26-30-34(38)37-32-35(39)40/h33H,3-32H2,1-2H3,(H,37,38)(H,39,40). The molecule has 1 atom stereocenters. The van der Waals surface area contributed by atoms with Crippen LogP contribution >= 0.6 is 0 Å². The SMILES string of the molecule is CCCCCCCCCCCCCC(=O)OC(CCCCCCCCCCC)CCCCCCCC(=O)NCC(=O)O. The lowest BCUT2D eigenvalue weighted by Crippen LogP contribution is -2.28. The summed E-state index contributed by atoms with van der Waals surface area (Å²) in [5, 5.41) is 11.0. The number of rotatable bonds is 33. The zero-order chi connectivity index (χ0) is 30.9. The number of aliphatic carboxylic acids is 1. The Morgan fingerprint density at radius 2 is 0.881 bits per heavy atom. The van der Waals surface area contributed by atoms with E-state index in [2.05, 4.69) is 19.2 Å². The van der Waals surface area contributed by atoms with Gasteiger partial charge in [-0.25, -0.2) is 0 Å². The molecule has 0 aliphatic rings. The van der Waals surface area contributed by atoms with E-state index in [1.807, 2.05) is 0 Å². The van der Waals surface area contributed by atoms with Crippen LogP contribution in [0.3, 0.4) is 0 Å². The third-order valence-corrected chi connectivity index (χ3v) is 8.28. The van der Waals surface area contributed by atoms with Gasteiger partial charge >= 0.3 is 11.9 Å². The first-order valence-corrected chi connectivity index (χ1v) is 18.2. The molecule has 2 N–H and O–H groups in total. The molecule has 42 heavy (non-hydrogen) atoms. The monoisotopic (exact) mass is 596 g/mol. The van der Waals surface area contributed by atoms with Gasteiger partial charge in [0.25, 0.3) is 0 Å². The van der Waals surface area contributed by atoms with Crippen molar-refractivity contribution < 1.29 is 24.2 Å². The first-order valence-electron chi connectivity index (χ1n) is 18.2. The summed E-state index contributed by atoms with van der Waals surface area (Å²) in [6, 6.07) is 0. The van der Waals surface area contributed by atoms with E-state index >= 15 is 0 Å². The molecule has 0 aliphatic carbocycles. The van der Waals surface area contributed by atoms with Crippen LogP contribution in [-0.2, 0) is 19.1 Å². The highest BCUT2D eigenvalue weighted by atomic mass is 16.5. The van der Waals surface area contributed by atoms with Crippen molar-refractivity contribution in [1.29, 1.82) is 0 Å². The second kappa shape index (κ2) is 32.3. The Labute approximate surface area is 259 Å². The number of hydrogen-bond acceptors (Lipinski definition) is 4. The largest absolute Gasteiger partial charge is 0.480 e. The molecule has 1 amide bonds. The number of carboxylic acid groups (broad SMARTS) is 1. The average Bonchev–Trinajstić information content (AvgIpc) is 2.97. The third kappa shape index (κ3) is 31.3. The molecule has 0 heterocycles. The van der Waals surface area contributed by atoms with Crippen molar-refractivity contribution in [3.8, 4) is 0 Å². The maximum Gasteiger partial charge on any atom is 0.322 e. The topological polar surface area (TPSA) is 92.7 Å². The fraction of sp³-hybridized carbons (Fsp3) is 0.917. The van der Waals surface area contributed by atoms with E-state index in [0.29, 0.717) is 12.8 Å². The van der Waals surface area contributed by atoms with Crippen LogP contribution in [0.15, 0.2) is 0 Å². The van der Waals surface area contributed by atoms with Crippen molar-refractivity contribution in [1.82, 2.24) is 5.32 Å². The Bertz CT molecular complexity index is 624. The van der Waals surface area contributed by atoms with E-state index in [4.69, 9.17) is 9.84 Å². The van der Waals surface area contributed by atoms with Gasteiger partial charge in [-0.15, -0.1) is 0 Å². The van der Waals surface area contributed by atoms with Crippen LogP contribution in [0.25, 0.3) is 0 Å². The van der Waals surface area contributed by atoms with E-state index < -0.39 is 5.97 Å².